The second-order valence-corrected chi connectivity index (χ2v) is 9.61. The Labute approximate surface area is 203 Å². The summed E-state index contributed by atoms with van der Waals surface area (Å²) in [4.78, 5) is 32.5. The molecule has 4 rings (SSSR count). The van der Waals surface area contributed by atoms with Crippen LogP contribution in [0.15, 0.2) is 30.3 Å². The molecule has 0 spiro atoms. The van der Waals surface area contributed by atoms with Gasteiger partial charge in [-0.3, -0.25) is 19.4 Å². The van der Waals surface area contributed by atoms with Gasteiger partial charge in [0.2, 0.25) is 5.91 Å². The minimum atomic E-state index is -0.0799. The number of hydrogen-bond donors (Lipinski definition) is 1. The molecule has 188 valence electrons. The lowest BCUT2D eigenvalue weighted by molar-refractivity contribution is -0.137. The number of para-hydroxylation sites is 1. The first kappa shape index (κ1) is 24.9. The van der Waals surface area contributed by atoms with Crippen molar-refractivity contribution < 1.29 is 19.1 Å². The van der Waals surface area contributed by atoms with Crippen LogP contribution in [0.1, 0.15) is 32.1 Å². The van der Waals surface area contributed by atoms with Crippen molar-refractivity contribution in [2.24, 2.45) is 5.92 Å². The molecule has 8 nitrogen and oxygen atoms in total. The number of benzene rings is 1. The molecule has 1 atom stereocenters. The van der Waals surface area contributed by atoms with E-state index in [0.717, 1.165) is 65.2 Å². The van der Waals surface area contributed by atoms with Crippen molar-refractivity contribution in [1.29, 1.82) is 0 Å². The number of morpholine rings is 1. The number of rotatable bonds is 10. The maximum atomic E-state index is 13.3. The summed E-state index contributed by atoms with van der Waals surface area (Å²) in [6.45, 7) is 8.12. The smallest absolute Gasteiger partial charge is 0.260 e. The molecule has 34 heavy (non-hydrogen) atoms. The largest absolute Gasteiger partial charge is 0.484 e. The Morgan fingerprint density at radius 3 is 2.41 bits per heavy atom. The molecule has 2 saturated heterocycles. The highest BCUT2D eigenvalue weighted by Crippen LogP contribution is 2.31. The molecule has 3 fully saturated rings. The molecule has 3 aliphatic rings. The third-order valence-corrected chi connectivity index (χ3v) is 7.33. The summed E-state index contributed by atoms with van der Waals surface area (Å²) in [5.74, 6) is 1.30. The number of piperazine rings is 1. The molecule has 1 aromatic rings. The molecule has 2 amide bonds. The lowest BCUT2D eigenvalue weighted by Crippen LogP contribution is -2.58. The number of carbonyl (C=O) groups is 2. The summed E-state index contributed by atoms with van der Waals surface area (Å²) >= 11 is 0. The zero-order valence-electron chi connectivity index (χ0n) is 20.3. The van der Waals surface area contributed by atoms with Gasteiger partial charge in [-0.25, -0.2) is 0 Å². The van der Waals surface area contributed by atoms with Gasteiger partial charge >= 0.3 is 0 Å². The Kier molecular flexibility index (Phi) is 9.59. The molecule has 8 heteroatoms. The molecule has 2 aliphatic heterocycles. The van der Waals surface area contributed by atoms with Crippen LogP contribution in [0.4, 0.5) is 0 Å². The Hall–Kier alpha value is -2.16. The lowest BCUT2D eigenvalue weighted by atomic mass is 9.95. The zero-order valence-corrected chi connectivity index (χ0v) is 20.3. The van der Waals surface area contributed by atoms with E-state index in [0.29, 0.717) is 31.3 Å². The van der Waals surface area contributed by atoms with E-state index in [9.17, 15) is 9.59 Å². The molecule has 0 bridgehead atoms. The van der Waals surface area contributed by atoms with E-state index in [2.05, 4.69) is 15.1 Å². The zero-order chi connectivity index (χ0) is 23.6. The molecule has 1 N–H and O–H groups in total. The number of amides is 2. The predicted octanol–water partition coefficient (Wildman–Crippen LogP) is 1.61. The van der Waals surface area contributed by atoms with Crippen LogP contribution in [0.25, 0.3) is 0 Å². The minimum Gasteiger partial charge on any atom is -0.484 e. The molecule has 1 aromatic carbocycles. The van der Waals surface area contributed by atoms with Crippen molar-refractivity contribution in [2.75, 3.05) is 72.2 Å². The highest BCUT2D eigenvalue weighted by molar-refractivity contribution is 5.82. The fourth-order valence-corrected chi connectivity index (χ4v) is 5.40. The van der Waals surface area contributed by atoms with E-state index < -0.39 is 0 Å². The third kappa shape index (κ3) is 7.17. The van der Waals surface area contributed by atoms with Gasteiger partial charge in [0.15, 0.2) is 6.61 Å². The molecule has 0 unspecified atom stereocenters. The van der Waals surface area contributed by atoms with Crippen LogP contribution in [0, 0.1) is 5.92 Å². The van der Waals surface area contributed by atoms with Crippen LogP contribution >= 0.6 is 0 Å². The predicted molar refractivity (Wildman–Crippen MR) is 131 cm³/mol. The highest BCUT2D eigenvalue weighted by Gasteiger charge is 2.37. The van der Waals surface area contributed by atoms with Crippen LogP contribution in [0.5, 0.6) is 5.75 Å². The summed E-state index contributed by atoms with van der Waals surface area (Å²) in [6, 6.07) is 9.36. The minimum absolute atomic E-state index is 0.00786. The maximum Gasteiger partial charge on any atom is 0.260 e. The van der Waals surface area contributed by atoms with Crippen LogP contribution < -0.4 is 10.1 Å². The van der Waals surface area contributed by atoms with Gasteiger partial charge < -0.3 is 19.7 Å². The van der Waals surface area contributed by atoms with Crippen molar-refractivity contribution in [1.82, 2.24) is 20.0 Å². The van der Waals surface area contributed by atoms with Gasteiger partial charge in [0.25, 0.3) is 5.91 Å². The van der Waals surface area contributed by atoms with E-state index in [1.807, 2.05) is 35.2 Å². The van der Waals surface area contributed by atoms with Crippen LogP contribution in [-0.4, -0.2) is 105 Å². The van der Waals surface area contributed by atoms with Crippen molar-refractivity contribution in [3.8, 4) is 5.75 Å². The van der Waals surface area contributed by atoms with Crippen molar-refractivity contribution >= 4 is 11.8 Å². The Morgan fingerprint density at radius 2 is 1.71 bits per heavy atom. The standard InChI is InChI=1S/C26H40N4O4/c31-24(21-34-23-9-2-1-3-10-23)29-13-15-30(16-14-29)25(22-7-4-5-8-22)26(32)27-11-6-12-28-17-19-33-20-18-28/h1-3,9-10,22,25H,4-8,11-21H2,(H,27,32)/t25-/m0/s1. The molecule has 1 saturated carbocycles. The second-order valence-electron chi connectivity index (χ2n) is 9.61. The molecule has 1 aliphatic carbocycles. The van der Waals surface area contributed by atoms with E-state index in [1.165, 1.54) is 12.8 Å². The molecular weight excluding hydrogens is 432 g/mol. The number of carbonyl (C=O) groups excluding carboxylic acids is 2. The van der Waals surface area contributed by atoms with E-state index >= 15 is 0 Å². The van der Waals surface area contributed by atoms with E-state index in [1.54, 1.807) is 0 Å². The first-order valence-electron chi connectivity index (χ1n) is 13.0. The normalized spacial score (nSPS) is 21.4. The third-order valence-electron chi connectivity index (χ3n) is 7.33. The first-order chi connectivity index (χ1) is 16.7. The number of ether oxygens (including phenoxy) is 2. The summed E-state index contributed by atoms with van der Waals surface area (Å²) in [6.07, 6.45) is 5.63. The highest BCUT2D eigenvalue weighted by atomic mass is 16.5. The molecular formula is C26H40N4O4. The average molecular weight is 473 g/mol. The second kappa shape index (κ2) is 13.1. The number of hydrogen-bond acceptors (Lipinski definition) is 6. The Balaban J connectivity index is 1.22. The summed E-state index contributed by atoms with van der Waals surface area (Å²) in [5.41, 5.74) is 0. The average Bonchev–Trinajstić information content (AvgIpc) is 3.41. The van der Waals surface area contributed by atoms with Gasteiger partial charge in [-0.05, 0) is 43.9 Å². The van der Waals surface area contributed by atoms with Crippen LogP contribution in [0.3, 0.4) is 0 Å². The lowest BCUT2D eigenvalue weighted by Gasteiger charge is -2.40. The quantitative estimate of drug-likeness (QED) is 0.522. The topological polar surface area (TPSA) is 74.4 Å². The number of nitrogens with zero attached hydrogens (tertiary/aromatic N) is 3. The van der Waals surface area contributed by atoms with Crippen LogP contribution in [0.2, 0.25) is 0 Å². The van der Waals surface area contributed by atoms with Gasteiger partial charge in [0.05, 0.1) is 19.3 Å². The van der Waals surface area contributed by atoms with Crippen molar-refractivity contribution in [2.45, 2.75) is 38.1 Å². The Bertz CT molecular complexity index is 757. The van der Waals surface area contributed by atoms with Gasteiger partial charge in [-0.1, -0.05) is 31.0 Å². The van der Waals surface area contributed by atoms with Crippen molar-refractivity contribution in [3.63, 3.8) is 0 Å². The molecule has 2 heterocycles. The molecule has 0 aromatic heterocycles. The summed E-state index contributed by atoms with van der Waals surface area (Å²) < 4.78 is 11.0. The first-order valence-corrected chi connectivity index (χ1v) is 13.0. The Morgan fingerprint density at radius 1 is 1.00 bits per heavy atom. The number of nitrogens with one attached hydrogen (secondary N) is 1. The monoisotopic (exact) mass is 472 g/mol. The molecule has 0 radical (unpaired) electrons. The van der Waals surface area contributed by atoms with Gasteiger partial charge in [-0.2, -0.15) is 0 Å². The van der Waals surface area contributed by atoms with Crippen LogP contribution in [-0.2, 0) is 14.3 Å². The van der Waals surface area contributed by atoms with Gasteiger partial charge in [0, 0.05) is 45.8 Å². The van der Waals surface area contributed by atoms with E-state index in [4.69, 9.17) is 9.47 Å². The van der Waals surface area contributed by atoms with Crippen molar-refractivity contribution in [3.05, 3.63) is 30.3 Å². The van der Waals surface area contributed by atoms with Gasteiger partial charge in [0.1, 0.15) is 5.75 Å². The summed E-state index contributed by atoms with van der Waals surface area (Å²) in [7, 11) is 0. The summed E-state index contributed by atoms with van der Waals surface area (Å²) in [5, 5.41) is 3.23. The van der Waals surface area contributed by atoms with Gasteiger partial charge in [-0.15, -0.1) is 0 Å². The SMILES string of the molecule is O=C(NCCCN1CCOCC1)[C@H](C1CCCC1)N1CCN(C(=O)COc2ccccc2)CC1. The fourth-order valence-electron chi connectivity index (χ4n) is 5.40. The maximum absolute atomic E-state index is 13.3. The van der Waals surface area contributed by atoms with E-state index in [-0.39, 0.29) is 24.5 Å². The fraction of sp³-hybridized carbons (Fsp3) is 0.692.